The molecule has 0 saturated heterocycles. The lowest BCUT2D eigenvalue weighted by Gasteiger charge is -1.99. The molecule has 0 fully saturated rings. The van der Waals surface area contributed by atoms with E-state index in [0.29, 0.717) is 19.4 Å². The Labute approximate surface area is 107 Å². The minimum atomic E-state index is -0.436. The van der Waals surface area contributed by atoms with Gasteiger partial charge in [0, 0.05) is 6.42 Å². The van der Waals surface area contributed by atoms with Crippen LogP contribution < -0.4 is 0 Å². The molecule has 0 unspecified atom stereocenters. The second kappa shape index (κ2) is 8.23. The van der Waals surface area contributed by atoms with Crippen LogP contribution in [0.25, 0.3) is 6.08 Å². The summed E-state index contributed by atoms with van der Waals surface area (Å²) in [5, 5.41) is 0. The third-order valence-electron chi connectivity index (χ3n) is 2.35. The van der Waals surface area contributed by atoms with E-state index >= 15 is 0 Å². The Morgan fingerprint density at radius 3 is 2.61 bits per heavy atom. The highest BCUT2D eigenvalue weighted by Gasteiger charge is 2.08. The molecule has 3 nitrogen and oxygen atoms in total. The second-order valence-corrected chi connectivity index (χ2v) is 3.87. The molecule has 0 spiro atoms. The van der Waals surface area contributed by atoms with Gasteiger partial charge < -0.3 is 4.74 Å². The first-order valence-corrected chi connectivity index (χ1v) is 6.11. The molecule has 0 saturated carbocycles. The quantitative estimate of drug-likeness (QED) is 0.548. The van der Waals surface area contributed by atoms with Crippen molar-refractivity contribution in [3.05, 3.63) is 42.0 Å². The van der Waals surface area contributed by atoms with Crippen molar-refractivity contribution in [2.24, 2.45) is 0 Å². The van der Waals surface area contributed by atoms with Gasteiger partial charge in [-0.15, -0.1) is 0 Å². The second-order valence-electron chi connectivity index (χ2n) is 3.87. The molecule has 0 heterocycles. The van der Waals surface area contributed by atoms with Gasteiger partial charge in [-0.05, 0) is 18.9 Å². The fourth-order valence-corrected chi connectivity index (χ4v) is 1.49. The number of hydrogen-bond donors (Lipinski definition) is 0. The van der Waals surface area contributed by atoms with Gasteiger partial charge in [0.2, 0.25) is 0 Å². The van der Waals surface area contributed by atoms with Crippen molar-refractivity contribution in [2.45, 2.75) is 26.2 Å². The van der Waals surface area contributed by atoms with Crippen LogP contribution in [0.1, 0.15) is 31.7 Å². The molecule has 0 aliphatic rings. The number of esters is 1. The van der Waals surface area contributed by atoms with E-state index in [1.165, 1.54) is 0 Å². The van der Waals surface area contributed by atoms with E-state index < -0.39 is 5.97 Å². The zero-order valence-electron chi connectivity index (χ0n) is 10.6. The summed E-state index contributed by atoms with van der Waals surface area (Å²) in [7, 11) is 0. The SMILES string of the molecule is CCOC(=O)CC(=O)CC/C=C/c1ccccc1. The molecule has 0 amide bonds. The molecule has 0 atom stereocenters. The largest absolute Gasteiger partial charge is 0.466 e. The van der Waals surface area contributed by atoms with E-state index in [1.54, 1.807) is 6.92 Å². The van der Waals surface area contributed by atoms with Crippen molar-refractivity contribution >= 4 is 17.8 Å². The van der Waals surface area contributed by atoms with Gasteiger partial charge in [-0.1, -0.05) is 42.5 Å². The Morgan fingerprint density at radius 2 is 1.94 bits per heavy atom. The van der Waals surface area contributed by atoms with E-state index in [0.717, 1.165) is 5.56 Å². The average Bonchev–Trinajstić information content (AvgIpc) is 2.36. The molecule has 1 rings (SSSR count). The molecule has 0 aliphatic heterocycles. The summed E-state index contributed by atoms with van der Waals surface area (Å²) in [5.41, 5.74) is 1.11. The number of rotatable bonds is 7. The first-order chi connectivity index (χ1) is 8.72. The highest BCUT2D eigenvalue weighted by atomic mass is 16.5. The molecule has 1 aromatic rings. The van der Waals surface area contributed by atoms with Crippen LogP contribution in [0.15, 0.2) is 36.4 Å². The minimum Gasteiger partial charge on any atom is -0.466 e. The van der Waals surface area contributed by atoms with E-state index in [1.807, 2.05) is 42.5 Å². The number of carbonyl (C=O) groups is 2. The third kappa shape index (κ3) is 5.99. The Hall–Kier alpha value is -1.90. The predicted octanol–water partition coefficient (Wildman–Crippen LogP) is 3.00. The lowest BCUT2D eigenvalue weighted by molar-refractivity contribution is -0.145. The lowest BCUT2D eigenvalue weighted by Crippen LogP contribution is -2.10. The van der Waals surface area contributed by atoms with Gasteiger partial charge in [0.15, 0.2) is 0 Å². The van der Waals surface area contributed by atoms with E-state index in [9.17, 15) is 9.59 Å². The zero-order chi connectivity index (χ0) is 13.2. The fourth-order valence-electron chi connectivity index (χ4n) is 1.49. The van der Waals surface area contributed by atoms with Gasteiger partial charge in [-0.2, -0.15) is 0 Å². The first-order valence-electron chi connectivity index (χ1n) is 6.11. The molecule has 0 bridgehead atoms. The van der Waals surface area contributed by atoms with Gasteiger partial charge in [-0.3, -0.25) is 9.59 Å². The van der Waals surface area contributed by atoms with Gasteiger partial charge in [0.05, 0.1) is 6.61 Å². The van der Waals surface area contributed by atoms with Gasteiger partial charge >= 0.3 is 5.97 Å². The van der Waals surface area contributed by atoms with Crippen molar-refractivity contribution < 1.29 is 14.3 Å². The van der Waals surface area contributed by atoms with Crippen molar-refractivity contribution in [3.63, 3.8) is 0 Å². The molecule has 1 aromatic carbocycles. The highest BCUT2D eigenvalue weighted by molar-refractivity contribution is 5.95. The van der Waals surface area contributed by atoms with Gasteiger partial charge in [0.25, 0.3) is 0 Å². The van der Waals surface area contributed by atoms with Crippen LogP contribution in [-0.4, -0.2) is 18.4 Å². The number of benzene rings is 1. The summed E-state index contributed by atoms with van der Waals surface area (Å²) in [6, 6.07) is 9.88. The van der Waals surface area contributed by atoms with Crippen LogP contribution in [0.3, 0.4) is 0 Å². The molecule has 0 aliphatic carbocycles. The van der Waals surface area contributed by atoms with Gasteiger partial charge in [0.1, 0.15) is 12.2 Å². The predicted molar refractivity (Wildman–Crippen MR) is 71.0 cm³/mol. The van der Waals surface area contributed by atoms with Crippen molar-refractivity contribution in [1.82, 2.24) is 0 Å². The molecule has 96 valence electrons. The number of Topliss-reactive ketones (excluding diaryl/α,β-unsaturated/α-hetero) is 1. The monoisotopic (exact) mass is 246 g/mol. The third-order valence-corrected chi connectivity index (χ3v) is 2.35. The maximum Gasteiger partial charge on any atom is 0.313 e. The molecular formula is C15H18O3. The zero-order valence-corrected chi connectivity index (χ0v) is 10.6. The van der Waals surface area contributed by atoms with E-state index in [-0.39, 0.29) is 12.2 Å². The smallest absolute Gasteiger partial charge is 0.313 e. The maximum absolute atomic E-state index is 11.4. The number of ether oxygens (including phenoxy) is 1. The Balaban J connectivity index is 2.23. The maximum atomic E-state index is 11.4. The van der Waals surface area contributed by atoms with Gasteiger partial charge in [-0.25, -0.2) is 0 Å². The molecule has 0 N–H and O–H groups in total. The summed E-state index contributed by atoms with van der Waals surface area (Å²) < 4.78 is 4.71. The molecule has 0 radical (unpaired) electrons. The highest BCUT2D eigenvalue weighted by Crippen LogP contribution is 2.04. The van der Waals surface area contributed by atoms with Crippen LogP contribution in [0, 0.1) is 0 Å². The summed E-state index contributed by atoms with van der Waals surface area (Å²) in [4.78, 5) is 22.5. The van der Waals surface area contributed by atoms with E-state index in [2.05, 4.69) is 0 Å². The normalized spacial score (nSPS) is 10.5. The minimum absolute atomic E-state index is 0.0776. The Bertz CT molecular complexity index is 407. The summed E-state index contributed by atoms with van der Waals surface area (Å²) in [6.45, 7) is 2.05. The standard InChI is InChI=1S/C15H18O3/c1-2-18-15(17)12-14(16)11-7-6-10-13-8-4-3-5-9-13/h3-6,8-10H,2,7,11-12H2,1H3/b10-6+. The number of hydrogen-bond acceptors (Lipinski definition) is 3. The topological polar surface area (TPSA) is 43.4 Å². The number of ketones is 1. The lowest BCUT2D eigenvalue weighted by atomic mass is 10.1. The first kappa shape index (κ1) is 14.2. The fraction of sp³-hybridized carbons (Fsp3) is 0.333. The summed E-state index contributed by atoms with van der Waals surface area (Å²) in [6.07, 6.45) is 4.82. The molecule has 3 heteroatoms. The average molecular weight is 246 g/mol. The molecular weight excluding hydrogens is 228 g/mol. The van der Waals surface area contributed by atoms with E-state index in [4.69, 9.17) is 4.74 Å². The summed E-state index contributed by atoms with van der Waals surface area (Å²) >= 11 is 0. The Morgan fingerprint density at radius 1 is 1.22 bits per heavy atom. The number of carbonyl (C=O) groups excluding carboxylic acids is 2. The molecule has 0 aromatic heterocycles. The van der Waals surface area contributed by atoms with Crippen LogP contribution in [0.2, 0.25) is 0 Å². The van der Waals surface area contributed by atoms with Crippen LogP contribution in [0.4, 0.5) is 0 Å². The number of allylic oxidation sites excluding steroid dienone is 1. The van der Waals surface area contributed by atoms with Crippen LogP contribution >= 0.6 is 0 Å². The van der Waals surface area contributed by atoms with Crippen molar-refractivity contribution in [2.75, 3.05) is 6.61 Å². The van der Waals surface area contributed by atoms with Crippen molar-refractivity contribution in [3.8, 4) is 0 Å². The van der Waals surface area contributed by atoms with Crippen molar-refractivity contribution in [1.29, 1.82) is 0 Å². The van der Waals surface area contributed by atoms with Crippen LogP contribution in [-0.2, 0) is 14.3 Å². The Kier molecular flexibility index (Phi) is 6.47. The molecule has 18 heavy (non-hydrogen) atoms. The van der Waals surface area contributed by atoms with Crippen LogP contribution in [0.5, 0.6) is 0 Å². The summed E-state index contributed by atoms with van der Waals surface area (Å²) in [5.74, 6) is -0.513.